The number of rotatable bonds is 4. The second-order valence-electron chi connectivity index (χ2n) is 5.26. The molecule has 1 N–H and O–H groups in total. The highest BCUT2D eigenvalue weighted by Gasteiger charge is 2.22. The van der Waals surface area contributed by atoms with Crippen molar-refractivity contribution in [3.8, 4) is 17.0 Å². The maximum atomic E-state index is 13.5. The number of aromatic nitrogens is 1. The van der Waals surface area contributed by atoms with Crippen LogP contribution in [0.25, 0.3) is 11.3 Å². The van der Waals surface area contributed by atoms with Crippen LogP contribution < -0.4 is 10.1 Å². The van der Waals surface area contributed by atoms with Crippen molar-refractivity contribution in [3.05, 3.63) is 29.4 Å². The minimum Gasteiger partial charge on any atom is -0.496 e. The van der Waals surface area contributed by atoms with Crippen LogP contribution in [-0.2, 0) is 9.53 Å². The van der Waals surface area contributed by atoms with Crippen molar-refractivity contribution in [1.82, 2.24) is 4.98 Å². The second kappa shape index (κ2) is 7.06. The highest BCUT2D eigenvalue weighted by Crippen LogP contribution is 2.33. The van der Waals surface area contributed by atoms with E-state index in [1.54, 1.807) is 11.4 Å². The number of thiazole rings is 1. The van der Waals surface area contributed by atoms with Gasteiger partial charge in [-0.3, -0.25) is 4.79 Å². The first kappa shape index (κ1) is 15.9. The van der Waals surface area contributed by atoms with Gasteiger partial charge in [-0.15, -0.1) is 11.3 Å². The van der Waals surface area contributed by atoms with Gasteiger partial charge in [-0.1, -0.05) is 0 Å². The van der Waals surface area contributed by atoms with Gasteiger partial charge in [0.1, 0.15) is 11.6 Å². The topological polar surface area (TPSA) is 60.5 Å². The molecule has 1 aromatic carbocycles. The lowest BCUT2D eigenvalue weighted by atomic mass is 10.00. The number of ether oxygens (including phenoxy) is 2. The third-order valence-electron chi connectivity index (χ3n) is 3.76. The summed E-state index contributed by atoms with van der Waals surface area (Å²) >= 11 is 1.31. The Morgan fingerprint density at radius 1 is 1.43 bits per heavy atom. The predicted octanol–water partition coefficient (Wildman–Crippen LogP) is 3.32. The number of hydrogen-bond donors (Lipinski definition) is 1. The van der Waals surface area contributed by atoms with E-state index in [9.17, 15) is 9.18 Å². The molecule has 23 heavy (non-hydrogen) atoms. The number of benzene rings is 1. The minimum absolute atomic E-state index is 0.0413. The Morgan fingerprint density at radius 2 is 2.22 bits per heavy atom. The van der Waals surface area contributed by atoms with E-state index in [-0.39, 0.29) is 17.6 Å². The molecule has 1 amide bonds. The van der Waals surface area contributed by atoms with E-state index in [1.165, 1.54) is 30.6 Å². The van der Waals surface area contributed by atoms with Gasteiger partial charge in [0.15, 0.2) is 5.13 Å². The minimum atomic E-state index is -0.360. The summed E-state index contributed by atoms with van der Waals surface area (Å²) < 4.78 is 24.0. The van der Waals surface area contributed by atoms with E-state index < -0.39 is 0 Å². The zero-order chi connectivity index (χ0) is 16.2. The number of carbonyl (C=O) groups is 1. The summed E-state index contributed by atoms with van der Waals surface area (Å²) in [4.78, 5) is 16.6. The largest absolute Gasteiger partial charge is 0.496 e. The van der Waals surface area contributed by atoms with Crippen LogP contribution in [0.2, 0.25) is 0 Å². The molecular weight excluding hydrogens is 319 g/mol. The van der Waals surface area contributed by atoms with Crippen molar-refractivity contribution in [1.29, 1.82) is 0 Å². The molecule has 3 rings (SSSR count). The molecule has 0 unspecified atom stereocenters. The van der Waals surface area contributed by atoms with Crippen molar-refractivity contribution >= 4 is 22.4 Å². The summed E-state index contributed by atoms with van der Waals surface area (Å²) in [6.07, 6.45) is 1.45. The number of amides is 1. The van der Waals surface area contributed by atoms with Crippen LogP contribution >= 0.6 is 11.3 Å². The average Bonchev–Trinajstić information content (AvgIpc) is 3.04. The fourth-order valence-corrected chi connectivity index (χ4v) is 3.22. The summed E-state index contributed by atoms with van der Waals surface area (Å²) in [7, 11) is 1.52. The molecule has 1 saturated heterocycles. The Bertz CT molecular complexity index is 698. The molecule has 1 aliphatic rings. The lowest BCUT2D eigenvalue weighted by molar-refractivity contribution is -0.122. The van der Waals surface area contributed by atoms with Gasteiger partial charge in [-0.05, 0) is 31.0 Å². The Kier molecular flexibility index (Phi) is 4.88. The van der Waals surface area contributed by atoms with Crippen LogP contribution in [0.4, 0.5) is 9.52 Å². The van der Waals surface area contributed by atoms with Crippen molar-refractivity contribution in [2.75, 3.05) is 25.6 Å². The van der Waals surface area contributed by atoms with Gasteiger partial charge in [0.25, 0.3) is 0 Å². The van der Waals surface area contributed by atoms with E-state index in [0.29, 0.717) is 35.4 Å². The van der Waals surface area contributed by atoms with E-state index >= 15 is 0 Å². The number of methoxy groups -OCH3 is 1. The molecule has 0 spiro atoms. The quantitative estimate of drug-likeness (QED) is 0.930. The van der Waals surface area contributed by atoms with Crippen molar-refractivity contribution in [3.63, 3.8) is 0 Å². The Morgan fingerprint density at radius 3 is 2.96 bits per heavy atom. The zero-order valence-corrected chi connectivity index (χ0v) is 13.5. The fraction of sp³-hybridized carbons (Fsp3) is 0.375. The summed E-state index contributed by atoms with van der Waals surface area (Å²) in [6.45, 7) is 1.23. The lowest BCUT2D eigenvalue weighted by Gasteiger charge is -2.20. The van der Waals surface area contributed by atoms with Crippen molar-refractivity contribution < 1.29 is 18.7 Å². The van der Waals surface area contributed by atoms with E-state index in [1.807, 2.05) is 0 Å². The number of halogens is 1. The number of anilines is 1. The molecule has 1 aliphatic heterocycles. The van der Waals surface area contributed by atoms with Crippen LogP contribution in [0, 0.1) is 11.7 Å². The third kappa shape index (κ3) is 3.68. The molecule has 1 aromatic heterocycles. The van der Waals surface area contributed by atoms with Gasteiger partial charge in [-0.25, -0.2) is 9.37 Å². The molecule has 122 valence electrons. The number of nitrogens with one attached hydrogen (secondary N) is 1. The average molecular weight is 336 g/mol. The summed E-state index contributed by atoms with van der Waals surface area (Å²) in [5.74, 6) is 0.0980. The molecule has 1 fully saturated rings. The van der Waals surface area contributed by atoms with Crippen molar-refractivity contribution in [2.24, 2.45) is 5.92 Å². The predicted molar refractivity (Wildman–Crippen MR) is 86.2 cm³/mol. The molecule has 0 atom stereocenters. The maximum Gasteiger partial charge on any atom is 0.229 e. The first-order chi connectivity index (χ1) is 11.2. The summed E-state index contributed by atoms with van der Waals surface area (Å²) in [6, 6.07) is 4.27. The van der Waals surface area contributed by atoms with E-state index in [2.05, 4.69) is 10.3 Å². The summed E-state index contributed by atoms with van der Waals surface area (Å²) in [5, 5.41) is 5.11. The van der Waals surface area contributed by atoms with Crippen LogP contribution in [-0.4, -0.2) is 31.2 Å². The standard InChI is InChI=1S/C16H17FN2O3S/c1-21-14-3-2-11(17)8-12(14)13-9-23-16(18-13)19-15(20)10-4-6-22-7-5-10/h2-3,8-10H,4-7H2,1H3,(H,18,19,20). The van der Waals surface area contributed by atoms with Crippen LogP contribution in [0.3, 0.4) is 0 Å². The molecule has 0 saturated carbocycles. The third-order valence-corrected chi connectivity index (χ3v) is 4.52. The zero-order valence-electron chi connectivity index (χ0n) is 12.7. The van der Waals surface area contributed by atoms with Crippen LogP contribution in [0.1, 0.15) is 12.8 Å². The molecule has 2 heterocycles. The molecule has 0 bridgehead atoms. The van der Waals surface area contributed by atoms with Crippen LogP contribution in [0.15, 0.2) is 23.6 Å². The Balaban J connectivity index is 1.75. The van der Waals surface area contributed by atoms with E-state index in [4.69, 9.17) is 9.47 Å². The van der Waals surface area contributed by atoms with Gasteiger partial charge in [0.05, 0.1) is 12.8 Å². The smallest absolute Gasteiger partial charge is 0.229 e. The first-order valence-electron chi connectivity index (χ1n) is 7.35. The maximum absolute atomic E-state index is 13.5. The van der Waals surface area contributed by atoms with Gasteiger partial charge >= 0.3 is 0 Å². The van der Waals surface area contributed by atoms with E-state index in [0.717, 1.165) is 12.8 Å². The SMILES string of the molecule is COc1ccc(F)cc1-c1csc(NC(=O)C2CCOCC2)n1. The summed E-state index contributed by atoms with van der Waals surface area (Å²) in [5.41, 5.74) is 1.14. The van der Waals surface area contributed by atoms with Crippen LogP contribution in [0.5, 0.6) is 5.75 Å². The molecule has 0 aliphatic carbocycles. The Hall–Kier alpha value is -1.99. The van der Waals surface area contributed by atoms with Gasteiger partial charge in [0.2, 0.25) is 5.91 Å². The highest BCUT2D eigenvalue weighted by atomic mass is 32.1. The van der Waals surface area contributed by atoms with Crippen molar-refractivity contribution in [2.45, 2.75) is 12.8 Å². The molecule has 0 radical (unpaired) electrons. The number of nitrogens with zero attached hydrogens (tertiary/aromatic N) is 1. The Labute approximate surface area is 137 Å². The fourth-order valence-electron chi connectivity index (χ4n) is 2.50. The second-order valence-corrected chi connectivity index (χ2v) is 6.12. The normalized spacial score (nSPS) is 15.4. The van der Waals surface area contributed by atoms with Gasteiger partial charge < -0.3 is 14.8 Å². The number of carbonyl (C=O) groups excluding carboxylic acids is 1. The first-order valence-corrected chi connectivity index (χ1v) is 8.23. The molecule has 2 aromatic rings. The number of hydrogen-bond acceptors (Lipinski definition) is 5. The van der Waals surface area contributed by atoms with Gasteiger partial charge in [0, 0.05) is 30.1 Å². The highest BCUT2D eigenvalue weighted by molar-refractivity contribution is 7.14. The molecule has 5 nitrogen and oxygen atoms in total. The monoisotopic (exact) mass is 336 g/mol. The lowest BCUT2D eigenvalue weighted by Crippen LogP contribution is -2.28. The molecule has 7 heteroatoms. The molecular formula is C16H17FN2O3S. The van der Waals surface area contributed by atoms with Gasteiger partial charge in [-0.2, -0.15) is 0 Å².